The molecule has 0 radical (unpaired) electrons. The van der Waals surface area contributed by atoms with E-state index in [1.54, 1.807) is 4.90 Å². The second-order valence-corrected chi connectivity index (χ2v) is 6.34. The van der Waals surface area contributed by atoms with Crippen LogP contribution in [0.3, 0.4) is 0 Å². The molecule has 3 N–H and O–H groups in total. The summed E-state index contributed by atoms with van der Waals surface area (Å²) in [5, 5.41) is 2.44. The lowest BCUT2D eigenvalue weighted by molar-refractivity contribution is -0.137. The van der Waals surface area contributed by atoms with Crippen LogP contribution in [0.15, 0.2) is 24.3 Å². The third kappa shape index (κ3) is 5.34. The third-order valence-corrected chi connectivity index (χ3v) is 4.28. The first-order chi connectivity index (χ1) is 11.1. The summed E-state index contributed by atoms with van der Waals surface area (Å²) in [7, 11) is 0. The summed E-state index contributed by atoms with van der Waals surface area (Å²) in [4.78, 5) is 25.7. The minimum absolute atomic E-state index is 0. The first-order valence-electron chi connectivity index (χ1n) is 7.58. The van der Waals surface area contributed by atoms with Gasteiger partial charge in [-0.25, -0.2) is 0 Å². The molecule has 1 fully saturated rings. The maximum atomic E-state index is 12.5. The van der Waals surface area contributed by atoms with Gasteiger partial charge in [-0.1, -0.05) is 6.92 Å². The molecule has 1 aromatic rings. The van der Waals surface area contributed by atoms with E-state index in [0.29, 0.717) is 19.6 Å². The van der Waals surface area contributed by atoms with Crippen LogP contribution >= 0.6 is 12.4 Å². The number of nitrogens with zero attached hydrogens (tertiary/aromatic N) is 1. The molecule has 2 rings (SSSR count). The molecule has 1 unspecified atom stereocenters. The van der Waals surface area contributed by atoms with Gasteiger partial charge in [0.2, 0.25) is 5.91 Å². The zero-order chi connectivity index (χ0) is 18.0. The van der Waals surface area contributed by atoms with Crippen molar-refractivity contribution < 1.29 is 22.8 Å². The fourth-order valence-electron chi connectivity index (χ4n) is 2.58. The van der Waals surface area contributed by atoms with Gasteiger partial charge in [0.1, 0.15) is 0 Å². The lowest BCUT2D eigenvalue weighted by Crippen LogP contribution is -2.40. The number of nitrogens with one attached hydrogen (secondary N) is 1. The molecule has 1 atom stereocenters. The van der Waals surface area contributed by atoms with Crippen LogP contribution in [-0.2, 0) is 11.0 Å². The van der Waals surface area contributed by atoms with E-state index in [-0.39, 0.29) is 35.8 Å². The van der Waals surface area contributed by atoms with Crippen LogP contribution in [0.5, 0.6) is 0 Å². The fourth-order valence-corrected chi connectivity index (χ4v) is 2.58. The Morgan fingerprint density at radius 1 is 1.28 bits per heavy atom. The summed E-state index contributed by atoms with van der Waals surface area (Å²) in [5.74, 6) is -0.815. The number of carbonyl (C=O) groups excluding carboxylic acids is 2. The first-order valence-corrected chi connectivity index (χ1v) is 7.58. The SMILES string of the molecule is CC1(CN)CCN(C(=O)CNC(=O)c2ccc(C(F)(F)F)cc2)C1.Cl. The summed E-state index contributed by atoms with van der Waals surface area (Å²) in [6.45, 7) is 3.41. The molecule has 1 aliphatic heterocycles. The molecule has 0 spiro atoms. The number of halogens is 4. The number of carbonyl (C=O) groups is 2. The Labute approximate surface area is 150 Å². The Kier molecular flexibility index (Phi) is 6.84. The Bertz CT molecular complexity index is 622. The molecule has 0 saturated carbocycles. The van der Waals surface area contributed by atoms with Crippen LogP contribution in [0.2, 0.25) is 0 Å². The topological polar surface area (TPSA) is 75.4 Å². The summed E-state index contributed by atoms with van der Waals surface area (Å²) in [5.41, 5.74) is 4.83. The molecular formula is C16H21ClF3N3O2. The molecule has 1 aromatic carbocycles. The maximum Gasteiger partial charge on any atom is 0.416 e. The van der Waals surface area contributed by atoms with E-state index in [4.69, 9.17) is 5.73 Å². The van der Waals surface area contributed by atoms with Crippen LogP contribution in [0.25, 0.3) is 0 Å². The first kappa shape index (κ1) is 21.2. The van der Waals surface area contributed by atoms with E-state index in [0.717, 1.165) is 30.7 Å². The van der Waals surface area contributed by atoms with E-state index in [2.05, 4.69) is 5.32 Å². The van der Waals surface area contributed by atoms with Crippen LogP contribution in [-0.4, -0.2) is 42.9 Å². The number of hydrogen-bond donors (Lipinski definition) is 2. The normalized spacial score (nSPS) is 20.1. The fraction of sp³-hybridized carbons (Fsp3) is 0.500. The Morgan fingerprint density at radius 2 is 1.88 bits per heavy atom. The number of benzene rings is 1. The van der Waals surface area contributed by atoms with E-state index in [9.17, 15) is 22.8 Å². The van der Waals surface area contributed by atoms with Gasteiger partial charge in [0.15, 0.2) is 0 Å². The van der Waals surface area contributed by atoms with Crippen LogP contribution < -0.4 is 11.1 Å². The highest BCUT2D eigenvalue weighted by atomic mass is 35.5. The van der Waals surface area contributed by atoms with Crippen LogP contribution in [0.1, 0.15) is 29.3 Å². The standard InChI is InChI=1S/C16H20F3N3O2.ClH/c1-15(9-20)6-7-22(10-15)13(23)8-21-14(24)11-2-4-12(5-3-11)16(17,18)19;/h2-5H,6-10,20H2,1H3,(H,21,24);1H. The molecule has 2 amide bonds. The number of likely N-dealkylation sites (tertiary alicyclic amines) is 1. The minimum atomic E-state index is -4.45. The average molecular weight is 380 g/mol. The van der Waals surface area contributed by atoms with Crippen LogP contribution in [0, 0.1) is 5.41 Å². The van der Waals surface area contributed by atoms with Gasteiger partial charge in [0.25, 0.3) is 5.91 Å². The van der Waals surface area contributed by atoms with Crippen molar-refractivity contribution in [2.45, 2.75) is 19.5 Å². The molecule has 5 nitrogen and oxygen atoms in total. The Morgan fingerprint density at radius 3 is 2.36 bits per heavy atom. The zero-order valence-electron chi connectivity index (χ0n) is 13.7. The van der Waals surface area contributed by atoms with Gasteiger partial charge >= 0.3 is 6.18 Å². The number of hydrogen-bond acceptors (Lipinski definition) is 3. The highest BCUT2D eigenvalue weighted by Gasteiger charge is 2.34. The van der Waals surface area contributed by atoms with Crippen molar-refractivity contribution in [3.8, 4) is 0 Å². The maximum absolute atomic E-state index is 12.5. The molecule has 0 bridgehead atoms. The van der Waals surface area contributed by atoms with Gasteiger partial charge in [-0.15, -0.1) is 12.4 Å². The summed E-state index contributed by atoms with van der Waals surface area (Å²) < 4.78 is 37.4. The highest BCUT2D eigenvalue weighted by Crippen LogP contribution is 2.29. The average Bonchev–Trinajstić information content (AvgIpc) is 2.95. The monoisotopic (exact) mass is 379 g/mol. The van der Waals surface area contributed by atoms with Crippen molar-refractivity contribution in [3.63, 3.8) is 0 Å². The lowest BCUT2D eigenvalue weighted by Gasteiger charge is -2.22. The van der Waals surface area contributed by atoms with Gasteiger partial charge in [0.05, 0.1) is 12.1 Å². The molecule has 1 heterocycles. The summed E-state index contributed by atoms with van der Waals surface area (Å²) in [6, 6.07) is 3.85. The van der Waals surface area contributed by atoms with Gasteiger partial charge in [-0.2, -0.15) is 13.2 Å². The minimum Gasteiger partial charge on any atom is -0.343 e. The van der Waals surface area contributed by atoms with E-state index < -0.39 is 17.6 Å². The third-order valence-electron chi connectivity index (χ3n) is 4.28. The highest BCUT2D eigenvalue weighted by molar-refractivity contribution is 5.96. The van der Waals surface area contributed by atoms with E-state index >= 15 is 0 Å². The van der Waals surface area contributed by atoms with Gasteiger partial charge in [-0.05, 0) is 42.6 Å². The quantitative estimate of drug-likeness (QED) is 0.840. The number of rotatable bonds is 4. The van der Waals surface area contributed by atoms with Crippen molar-refractivity contribution in [2.24, 2.45) is 11.1 Å². The number of alkyl halides is 3. The van der Waals surface area contributed by atoms with Crippen LogP contribution in [0.4, 0.5) is 13.2 Å². The Hall–Kier alpha value is -1.80. The van der Waals surface area contributed by atoms with Gasteiger partial charge in [0, 0.05) is 18.7 Å². The molecule has 0 aromatic heterocycles. The molecule has 25 heavy (non-hydrogen) atoms. The largest absolute Gasteiger partial charge is 0.416 e. The van der Waals surface area contributed by atoms with Gasteiger partial charge in [-0.3, -0.25) is 9.59 Å². The zero-order valence-corrected chi connectivity index (χ0v) is 14.5. The molecule has 1 aliphatic rings. The van der Waals surface area contributed by atoms with Gasteiger partial charge < -0.3 is 16.0 Å². The van der Waals surface area contributed by atoms with Crippen molar-refractivity contribution in [1.29, 1.82) is 0 Å². The summed E-state index contributed by atoms with van der Waals surface area (Å²) in [6.07, 6.45) is -3.64. The second kappa shape index (κ2) is 8.05. The van der Waals surface area contributed by atoms with E-state index in [1.807, 2.05) is 6.92 Å². The lowest BCUT2D eigenvalue weighted by atomic mass is 9.90. The predicted octanol–water partition coefficient (Wildman–Crippen LogP) is 2.05. The van der Waals surface area contributed by atoms with Crippen molar-refractivity contribution in [3.05, 3.63) is 35.4 Å². The molecular weight excluding hydrogens is 359 g/mol. The smallest absolute Gasteiger partial charge is 0.343 e. The van der Waals surface area contributed by atoms with Crippen molar-refractivity contribution in [1.82, 2.24) is 10.2 Å². The van der Waals surface area contributed by atoms with Crippen molar-refractivity contribution >= 4 is 24.2 Å². The summed E-state index contributed by atoms with van der Waals surface area (Å²) >= 11 is 0. The Balaban J connectivity index is 0.00000312. The number of amides is 2. The molecule has 140 valence electrons. The van der Waals surface area contributed by atoms with Crippen molar-refractivity contribution in [2.75, 3.05) is 26.2 Å². The number of nitrogens with two attached hydrogens (primary N) is 1. The van der Waals surface area contributed by atoms with E-state index in [1.165, 1.54) is 0 Å². The second-order valence-electron chi connectivity index (χ2n) is 6.34. The molecule has 0 aliphatic carbocycles. The molecule has 9 heteroatoms. The molecule has 1 saturated heterocycles. The predicted molar refractivity (Wildman–Crippen MR) is 89.4 cm³/mol.